The van der Waals surface area contributed by atoms with Gasteiger partial charge in [0.25, 0.3) is 5.91 Å². The van der Waals surface area contributed by atoms with E-state index < -0.39 is 0 Å². The van der Waals surface area contributed by atoms with Crippen molar-refractivity contribution in [1.82, 2.24) is 9.88 Å². The topological polar surface area (TPSA) is 69.6 Å². The molecule has 1 atom stereocenters. The van der Waals surface area contributed by atoms with Crippen LogP contribution in [0.4, 0.5) is 0 Å². The Balaban J connectivity index is 1.45. The lowest BCUT2D eigenvalue weighted by Gasteiger charge is -2.13. The number of carbonyl (C=O) groups excluding carboxylic acids is 1. The van der Waals surface area contributed by atoms with E-state index in [0.29, 0.717) is 23.4 Å². The van der Waals surface area contributed by atoms with Crippen LogP contribution in [0.5, 0.6) is 11.5 Å². The first-order valence-corrected chi connectivity index (χ1v) is 8.95. The number of para-hydroxylation sites is 1. The predicted octanol–water partition coefficient (Wildman–Crippen LogP) is 2.78. The van der Waals surface area contributed by atoms with Crippen molar-refractivity contribution in [1.29, 1.82) is 0 Å². The first-order valence-electron chi connectivity index (χ1n) is 8.95. The molecule has 0 saturated carbocycles. The summed E-state index contributed by atoms with van der Waals surface area (Å²) in [6, 6.07) is 11.5. The van der Waals surface area contributed by atoms with Gasteiger partial charge in [0.1, 0.15) is 5.56 Å². The number of hydrogen-bond donors (Lipinski definition) is 1. The zero-order chi connectivity index (χ0) is 18.5. The van der Waals surface area contributed by atoms with Crippen LogP contribution in [-0.4, -0.2) is 17.3 Å². The summed E-state index contributed by atoms with van der Waals surface area (Å²) in [6.45, 7) is 2.61. The van der Waals surface area contributed by atoms with Gasteiger partial charge in [-0.1, -0.05) is 18.2 Å². The molecule has 3 aromatic rings. The summed E-state index contributed by atoms with van der Waals surface area (Å²) >= 11 is 0. The third kappa shape index (κ3) is 2.48. The SMILES string of the molecule is C[C@H]1Cc2cccc3c(=O)c(C(=O)NCc4ccc5c(c4)OCO5)cn1c23. The molecule has 1 aromatic heterocycles. The van der Waals surface area contributed by atoms with Crippen LogP contribution in [0.1, 0.15) is 34.5 Å². The summed E-state index contributed by atoms with van der Waals surface area (Å²) in [4.78, 5) is 25.6. The zero-order valence-electron chi connectivity index (χ0n) is 14.8. The van der Waals surface area contributed by atoms with E-state index in [-0.39, 0.29) is 29.7 Å². The summed E-state index contributed by atoms with van der Waals surface area (Å²) in [7, 11) is 0. The highest BCUT2D eigenvalue weighted by Gasteiger charge is 2.24. The molecule has 1 N–H and O–H groups in total. The second kappa shape index (κ2) is 5.87. The van der Waals surface area contributed by atoms with Gasteiger partial charge in [-0.05, 0) is 42.7 Å². The molecule has 1 amide bonds. The fraction of sp³-hybridized carbons (Fsp3) is 0.238. The zero-order valence-corrected chi connectivity index (χ0v) is 14.8. The number of rotatable bonds is 3. The summed E-state index contributed by atoms with van der Waals surface area (Å²) < 4.78 is 12.7. The molecule has 0 fully saturated rings. The monoisotopic (exact) mass is 362 g/mol. The molecule has 5 rings (SSSR count). The van der Waals surface area contributed by atoms with Gasteiger partial charge >= 0.3 is 0 Å². The molecule has 0 saturated heterocycles. The van der Waals surface area contributed by atoms with Gasteiger partial charge < -0.3 is 19.4 Å². The predicted molar refractivity (Wildman–Crippen MR) is 100 cm³/mol. The van der Waals surface area contributed by atoms with E-state index in [1.54, 1.807) is 12.3 Å². The third-order valence-electron chi connectivity index (χ3n) is 5.26. The number of hydrogen-bond acceptors (Lipinski definition) is 4. The first-order chi connectivity index (χ1) is 13.1. The van der Waals surface area contributed by atoms with Gasteiger partial charge in [0, 0.05) is 24.2 Å². The van der Waals surface area contributed by atoms with Crippen molar-refractivity contribution < 1.29 is 14.3 Å². The van der Waals surface area contributed by atoms with Crippen LogP contribution >= 0.6 is 0 Å². The first kappa shape index (κ1) is 15.9. The summed E-state index contributed by atoms with van der Waals surface area (Å²) in [5.74, 6) is 1.00. The van der Waals surface area contributed by atoms with E-state index in [4.69, 9.17) is 9.47 Å². The Bertz CT molecular complexity index is 1150. The molecule has 27 heavy (non-hydrogen) atoms. The van der Waals surface area contributed by atoms with Crippen LogP contribution < -0.4 is 20.2 Å². The highest BCUT2D eigenvalue weighted by molar-refractivity contribution is 5.98. The van der Waals surface area contributed by atoms with Crippen LogP contribution in [0, 0.1) is 0 Å². The minimum absolute atomic E-state index is 0.175. The average molecular weight is 362 g/mol. The Kier molecular flexibility index (Phi) is 3.47. The molecule has 0 unspecified atom stereocenters. The molecule has 0 aliphatic carbocycles. The average Bonchev–Trinajstić information content (AvgIpc) is 3.26. The largest absolute Gasteiger partial charge is 0.454 e. The highest BCUT2D eigenvalue weighted by Crippen LogP contribution is 2.33. The van der Waals surface area contributed by atoms with Crippen LogP contribution in [0.25, 0.3) is 10.9 Å². The molecule has 0 radical (unpaired) electrons. The van der Waals surface area contributed by atoms with Crippen molar-refractivity contribution in [3.63, 3.8) is 0 Å². The van der Waals surface area contributed by atoms with Gasteiger partial charge in [-0.3, -0.25) is 9.59 Å². The van der Waals surface area contributed by atoms with Crippen molar-refractivity contribution in [2.24, 2.45) is 0 Å². The van der Waals surface area contributed by atoms with Crippen molar-refractivity contribution >= 4 is 16.8 Å². The van der Waals surface area contributed by atoms with Gasteiger partial charge in [0.2, 0.25) is 12.2 Å². The maximum Gasteiger partial charge on any atom is 0.257 e. The van der Waals surface area contributed by atoms with Crippen LogP contribution in [0.3, 0.4) is 0 Å². The van der Waals surface area contributed by atoms with Crippen LogP contribution in [-0.2, 0) is 13.0 Å². The van der Waals surface area contributed by atoms with E-state index in [2.05, 4.69) is 12.2 Å². The van der Waals surface area contributed by atoms with Crippen molar-refractivity contribution in [3.8, 4) is 11.5 Å². The smallest absolute Gasteiger partial charge is 0.257 e. The molecule has 2 aromatic carbocycles. The molecule has 136 valence electrons. The number of ether oxygens (including phenoxy) is 2. The number of carbonyl (C=O) groups is 1. The number of aromatic nitrogens is 1. The van der Waals surface area contributed by atoms with Gasteiger partial charge in [-0.15, -0.1) is 0 Å². The van der Waals surface area contributed by atoms with Gasteiger partial charge in [-0.25, -0.2) is 0 Å². The van der Waals surface area contributed by atoms with E-state index in [1.165, 1.54) is 0 Å². The highest BCUT2D eigenvalue weighted by atomic mass is 16.7. The Morgan fingerprint density at radius 1 is 1.22 bits per heavy atom. The fourth-order valence-electron chi connectivity index (χ4n) is 3.91. The third-order valence-corrected chi connectivity index (χ3v) is 5.26. The van der Waals surface area contributed by atoms with Crippen LogP contribution in [0.15, 0.2) is 47.4 Å². The van der Waals surface area contributed by atoms with Crippen LogP contribution in [0.2, 0.25) is 0 Å². The second-order valence-corrected chi connectivity index (χ2v) is 7.02. The van der Waals surface area contributed by atoms with Crippen molar-refractivity contribution in [2.75, 3.05) is 6.79 Å². The number of amides is 1. The minimum Gasteiger partial charge on any atom is -0.454 e. The molecule has 6 nitrogen and oxygen atoms in total. The molecular formula is C21H18N2O4. The van der Waals surface area contributed by atoms with E-state index in [9.17, 15) is 9.59 Å². The lowest BCUT2D eigenvalue weighted by molar-refractivity contribution is 0.0949. The number of pyridine rings is 1. The number of fused-ring (bicyclic) bond motifs is 1. The van der Waals surface area contributed by atoms with Gasteiger partial charge in [0.15, 0.2) is 11.5 Å². The Labute approximate surface area is 155 Å². The molecule has 6 heteroatoms. The van der Waals surface area contributed by atoms with E-state index in [1.807, 2.05) is 34.9 Å². The normalized spacial score (nSPS) is 16.7. The number of nitrogens with zero attached hydrogens (tertiary/aromatic N) is 1. The maximum absolute atomic E-state index is 12.9. The summed E-state index contributed by atoms with van der Waals surface area (Å²) in [5, 5.41) is 3.45. The van der Waals surface area contributed by atoms with E-state index >= 15 is 0 Å². The Morgan fingerprint density at radius 3 is 2.96 bits per heavy atom. The summed E-state index contributed by atoms with van der Waals surface area (Å²) in [6.07, 6.45) is 2.57. The molecule has 3 heterocycles. The Hall–Kier alpha value is -3.28. The maximum atomic E-state index is 12.9. The lowest BCUT2D eigenvalue weighted by Crippen LogP contribution is -2.29. The van der Waals surface area contributed by atoms with Crippen molar-refractivity contribution in [3.05, 3.63) is 69.5 Å². The minimum atomic E-state index is -0.368. The molecule has 0 spiro atoms. The fourth-order valence-corrected chi connectivity index (χ4v) is 3.91. The lowest BCUT2D eigenvalue weighted by atomic mass is 10.1. The quantitative estimate of drug-likeness (QED) is 0.778. The molecular weight excluding hydrogens is 344 g/mol. The molecule has 2 aliphatic heterocycles. The number of nitrogens with one attached hydrogen (secondary N) is 1. The second-order valence-electron chi connectivity index (χ2n) is 7.02. The molecule has 0 bridgehead atoms. The summed E-state index contributed by atoms with van der Waals surface area (Å²) in [5.41, 5.74) is 2.94. The number of benzene rings is 2. The van der Waals surface area contributed by atoms with Gasteiger partial charge in [-0.2, -0.15) is 0 Å². The van der Waals surface area contributed by atoms with E-state index in [0.717, 1.165) is 23.1 Å². The van der Waals surface area contributed by atoms with Gasteiger partial charge in [0.05, 0.1) is 5.52 Å². The molecule has 2 aliphatic rings. The van der Waals surface area contributed by atoms with Crippen molar-refractivity contribution in [2.45, 2.75) is 25.9 Å². The Morgan fingerprint density at radius 2 is 2.07 bits per heavy atom. The standard InChI is InChI=1S/C21H18N2O4/c1-12-7-14-3-2-4-15-19(14)23(12)10-16(20(15)24)21(25)22-9-13-5-6-17-18(8-13)27-11-26-17/h2-6,8,10,12H,7,9,11H2,1H3,(H,22,25)/t12-/m0/s1.